The normalized spacial score (nSPS) is 14.2. The zero-order valence-electron chi connectivity index (χ0n) is 17.8. The lowest BCUT2D eigenvalue weighted by molar-refractivity contribution is 0.0954. The van der Waals surface area contributed by atoms with Gasteiger partial charge >= 0.3 is 0 Å². The van der Waals surface area contributed by atoms with Gasteiger partial charge in [-0.1, -0.05) is 48.1 Å². The Morgan fingerprint density at radius 3 is 2.45 bits per heavy atom. The fourth-order valence-electron chi connectivity index (χ4n) is 3.67. The fourth-order valence-corrected chi connectivity index (χ4v) is 5.09. The maximum absolute atomic E-state index is 13.0. The van der Waals surface area contributed by atoms with Crippen molar-refractivity contribution < 1.29 is 13.2 Å². The summed E-state index contributed by atoms with van der Waals surface area (Å²) in [4.78, 5) is 12.7. The maximum Gasteiger partial charge on any atom is 0.251 e. The molecule has 6 heteroatoms. The first-order chi connectivity index (χ1) is 15.0. The Labute approximate surface area is 185 Å². The second-order valence-electron chi connectivity index (χ2n) is 7.71. The average Bonchev–Trinajstić information content (AvgIpc) is 2.80. The van der Waals surface area contributed by atoms with Crippen LogP contribution in [0, 0.1) is 0 Å². The summed E-state index contributed by atoms with van der Waals surface area (Å²) in [5, 5.41) is 2.97. The van der Waals surface area contributed by atoms with Crippen LogP contribution < -0.4 is 5.32 Å². The van der Waals surface area contributed by atoms with Crippen LogP contribution in [0.4, 0.5) is 0 Å². The van der Waals surface area contributed by atoms with Gasteiger partial charge in [0.2, 0.25) is 10.0 Å². The van der Waals surface area contributed by atoms with E-state index < -0.39 is 10.0 Å². The van der Waals surface area contributed by atoms with E-state index in [0.717, 1.165) is 24.8 Å². The SMILES string of the molecule is C=CCN(Cc1ccc(C(=O)NCCC2=CCCCC2)cc1)S(=O)(=O)c1ccccc1. The number of carbonyl (C=O) groups excluding carboxylic acids is 1. The molecule has 3 rings (SSSR count). The minimum Gasteiger partial charge on any atom is -0.352 e. The Morgan fingerprint density at radius 2 is 1.81 bits per heavy atom. The molecule has 2 aromatic rings. The zero-order valence-corrected chi connectivity index (χ0v) is 18.6. The first kappa shape index (κ1) is 23.0. The van der Waals surface area contributed by atoms with Gasteiger partial charge < -0.3 is 5.32 Å². The number of sulfonamides is 1. The molecule has 2 aromatic carbocycles. The molecule has 31 heavy (non-hydrogen) atoms. The molecule has 0 saturated heterocycles. The minimum atomic E-state index is -3.63. The van der Waals surface area contributed by atoms with Crippen molar-refractivity contribution in [3.05, 3.63) is 90.0 Å². The molecule has 0 bridgehead atoms. The monoisotopic (exact) mass is 438 g/mol. The van der Waals surface area contributed by atoms with Crippen LogP contribution in [0.3, 0.4) is 0 Å². The van der Waals surface area contributed by atoms with Crippen molar-refractivity contribution in [2.45, 2.75) is 43.5 Å². The van der Waals surface area contributed by atoms with Crippen LogP contribution >= 0.6 is 0 Å². The van der Waals surface area contributed by atoms with E-state index in [9.17, 15) is 13.2 Å². The van der Waals surface area contributed by atoms with Crippen molar-refractivity contribution in [3.8, 4) is 0 Å². The van der Waals surface area contributed by atoms with Gasteiger partial charge in [-0.3, -0.25) is 4.79 Å². The molecule has 0 unspecified atom stereocenters. The molecule has 0 atom stereocenters. The Bertz CT molecular complexity index is 1010. The van der Waals surface area contributed by atoms with E-state index in [1.165, 1.54) is 22.7 Å². The quantitative estimate of drug-likeness (QED) is 0.548. The fraction of sp³-hybridized carbons (Fsp3) is 0.320. The van der Waals surface area contributed by atoms with Crippen LogP contribution in [0.2, 0.25) is 0 Å². The number of nitrogens with zero attached hydrogens (tertiary/aromatic N) is 1. The van der Waals surface area contributed by atoms with Crippen LogP contribution in [0.15, 0.2) is 83.8 Å². The van der Waals surface area contributed by atoms with E-state index in [4.69, 9.17) is 0 Å². The van der Waals surface area contributed by atoms with Crippen molar-refractivity contribution in [1.29, 1.82) is 0 Å². The largest absolute Gasteiger partial charge is 0.352 e. The van der Waals surface area contributed by atoms with Crippen molar-refractivity contribution in [3.63, 3.8) is 0 Å². The van der Waals surface area contributed by atoms with Crippen LogP contribution in [0.5, 0.6) is 0 Å². The highest BCUT2D eigenvalue weighted by Crippen LogP contribution is 2.20. The maximum atomic E-state index is 13.0. The van der Waals surface area contributed by atoms with Gasteiger partial charge in [0.05, 0.1) is 4.90 Å². The van der Waals surface area contributed by atoms with Gasteiger partial charge in [-0.25, -0.2) is 8.42 Å². The van der Waals surface area contributed by atoms with Gasteiger partial charge in [-0.2, -0.15) is 4.31 Å². The zero-order chi connectivity index (χ0) is 22.1. The lowest BCUT2D eigenvalue weighted by Gasteiger charge is -2.21. The molecule has 0 saturated carbocycles. The number of allylic oxidation sites excluding steroid dienone is 1. The predicted molar refractivity (Wildman–Crippen MR) is 124 cm³/mol. The molecule has 164 valence electrons. The summed E-state index contributed by atoms with van der Waals surface area (Å²) in [6.07, 6.45) is 9.55. The molecule has 1 aliphatic rings. The number of amides is 1. The van der Waals surface area contributed by atoms with E-state index in [1.54, 1.807) is 60.7 Å². The number of hydrogen-bond donors (Lipinski definition) is 1. The Kier molecular flexibility index (Phi) is 8.20. The third-order valence-corrected chi connectivity index (χ3v) is 7.23. The summed E-state index contributed by atoms with van der Waals surface area (Å²) >= 11 is 0. The second kappa shape index (κ2) is 11.1. The van der Waals surface area contributed by atoms with E-state index in [0.29, 0.717) is 12.1 Å². The first-order valence-corrected chi connectivity index (χ1v) is 12.2. The lowest BCUT2D eigenvalue weighted by atomic mass is 9.97. The highest BCUT2D eigenvalue weighted by molar-refractivity contribution is 7.89. The summed E-state index contributed by atoms with van der Waals surface area (Å²) in [5.74, 6) is -0.109. The third-order valence-electron chi connectivity index (χ3n) is 5.41. The van der Waals surface area contributed by atoms with Gasteiger partial charge in [0.15, 0.2) is 0 Å². The molecule has 0 heterocycles. The number of benzene rings is 2. The molecule has 0 fully saturated rings. The van der Waals surface area contributed by atoms with Gasteiger partial charge in [0, 0.05) is 25.2 Å². The van der Waals surface area contributed by atoms with E-state index >= 15 is 0 Å². The Morgan fingerprint density at radius 1 is 1.06 bits per heavy atom. The number of carbonyl (C=O) groups is 1. The van der Waals surface area contributed by atoms with E-state index in [2.05, 4.69) is 18.0 Å². The average molecular weight is 439 g/mol. The lowest BCUT2D eigenvalue weighted by Crippen LogP contribution is -2.31. The smallest absolute Gasteiger partial charge is 0.251 e. The highest BCUT2D eigenvalue weighted by Gasteiger charge is 2.23. The summed E-state index contributed by atoms with van der Waals surface area (Å²) in [7, 11) is -3.63. The van der Waals surface area contributed by atoms with Crippen LogP contribution in [0.1, 0.15) is 48.0 Å². The molecule has 0 spiro atoms. The summed E-state index contributed by atoms with van der Waals surface area (Å²) < 4.78 is 27.3. The topological polar surface area (TPSA) is 66.5 Å². The molecule has 0 aromatic heterocycles. The second-order valence-corrected chi connectivity index (χ2v) is 9.65. The summed E-state index contributed by atoms with van der Waals surface area (Å²) in [6, 6.07) is 15.5. The standard InChI is InChI=1S/C25H30N2O3S/c1-2-19-27(31(29,30)24-11-7-4-8-12-24)20-22-13-15-23(16-14-22)25(28)26-18-17-21-9-5-3-6-10-21/h2,4,7-9,11-16H,1,3,5-6,10,17-20H2,(H,26,28). The van der Waals surface area contributed by atoms with Gasteiger partial charge in [0.25, 0.3) is 5.91 Å². The molecule has 1 N–H and O–H groups in total. The van der Waals surface area contributed by atoms with Gasteiger partial charge in [-0.05, 0) is 61.9 Å². The van der Waals surface area contributed by atoms with Crippen molar-refractivity contribution in [2.24, 2.45) is 0 Å². The Hall–Kier alpha value is -2.70. The van der Waals surface area contributed by atoms with Crippen LogP contribution in [0.25, 0.3) is 0 Å². The Balaban J connectivity index is 1.60. The minimum absolute atomic E-state index is 0.109. The highest BCUT2D eigenvalue weighted by atomic mass is 32.2. The molecule has 0 radical (unpaired) electrons. The first-order valence-electron chi connectivity index (χ1n) is 10.7. The van der Waals surface area contributed by atoms with Crippen LogP contribution in [-0.2, 0) is 16.6 Å². The molecule has 1 aliphatic carbocycles. The van der Waals surface area contributed by atoms with Crippen molar-refractivity contribution >= 4 is 15.9 Å². The van der Waals surface area contributed by atoms with Crippen molar-refractivity contribution in [1.82, 2.24) is 9.62 Å². The summed E-state index contributed by atoms with van der Waals surface area (Å²) in [5.41, 5.74) is 2.82. The van der Waals surface area contributed by atoms with Gasteiger partial charge in [-0.15, -0.1) is 6.58 Å². The van der Waals surface area contributed by atoms with E-state index in [1.807, 2.05) is 0 Å². The van der Waals surface area contributed by atoms with Crippen molar-refractivity contribution in [2.75, 3.05) is 13.1 Å². The van der Waals surface area contributed by atoms with Gasteiger partial charge in [0.1, 0.15) is 0 Å². The number of hydrogen-bond acceptors (Lipinski definition) is 3. The molecular formula is C25H30N2O3S. The molecule has 0 aliphatic heterocycles. The third kappa shape index (κ3) is 6.39. The summed E-state index contributed by atoms with van der Waals surface area (Å²) in [6.45, 7) is 4.73. The molecule has 1 amide bonds. The molecule has 5 nitrogen and oxygen atoms in total. The molecular weight excluding hydrogens is 408 g/mol. The number of rotatable bonds is 10. The predicted octanol–water partition coefficient (Wildman–Crippen LogP) is 4.68. The van der Waals surface area contributed by atoms with E-state index in [-0.39, 0.29) is 23.9 Å². The number of nitrogens with one attached hydrogen (secondary N) is 1. The van der Waals surface area contributed by atoms with Crippen LogP contribution in [-0.4, -0.2) is 31.7 Å².